The summed E-state index contributed by atoms with van der Waals surface area (Å²) in [5.41, 5.74) is 0.519. The van der Waals surface area contributed by atoms with Crippen molar-refractivity contribution in [3.63, 3.8) is 0 Å². The van der Waals surface area contributed by atoms with E-state index >= 15 is 0 Å². The van der Waals surface area contributed by atoms with Crippen LogP contribution in [0.15, 0.2) is 11.0 Å². The second kappa shape index (κ2) is 7.09. The number of aromatic nitrogens is 2. The molecule has 1 atom stereocenters. The zero-order valence-electron chi connectivity index (χ0n) is 12.2. The molecular formula is C14H23ClN4O. The van der Waals surface area contributed by atoms with Gasteiger partial charge in [-0.2, -0.15) is 5.10 Å². The molecule has 1 aliphatic heterocycles. The molecule has 1 fully saturated rings. The number of aryl methyl sites for hydroxylation is 1. The van der Waals surface area contributed by atoms with Crippen LogP contribution in [0.3, 0.4) is 0 Å². The molecule has 1 saturated heterocycles. The molecule has 1 aliphatic rings. The highest BCUT2D eigenvalue weighted by atomic mass is 35.5. The molecule has 0 spiro atoms. The first-order valence-electron chi connectivity index (χ1n) is 7.33. The van der Waals surface area contributed by atoms with Crippen molar-refractivity contribution in [2.45, 2.75) is 45.2 Å². The van der Waals surface area contributed by atoms with Gasteiger partial charge in [-0.15, -0.1) is 0 Å². The minimum absolute atomic E-state index is 0.200. The summed E-state index contributed by atoms with van der Waals surface area (Å²) < 4.78 is 1.43. The van der Waals surface area contributed by atoms with Crippen molar-refractivity contribution >= 4 is 17.3 Å². The predicted octanol–water partition coefficient (Wildman–Crippen LogP) is 1.89. The summed E-state index contributed by atoms with van der Waals surface area (Å²) in [7, 11) is 1.96. The molecular weight excluding hydrogens is 276 g/mol. The Labute approximate surface area is 124 Å². The summed E-state index contributed by atoms with van der Waals surface area (Å²) in [6.07, 6.45) is 6.24. The Morgan fingerprint density at radius 1 is 1.55 bits per heavy atom. The summed E-state index contributed by atoms with van der Waals surface area (Å²) in [5, 5.41) is 7.97. The Bertz CT molecular complexity index is 496. The van der Waals surface area contributed by atoms with E-state index in [1.807, 2.05) is 18.9 Å². The molecule has 5 nitrogen and oxygen atoms in total. The summed E-state index contributed by atoms with van der Waals surface area (Å²) in [4.78, 5) is 14.1. The van der Waals surface area contributed by atoms with Crippen LogP contribution in [-0.2, 0) is 6.54 Å². The van der Waals surface area contributed by atoms with Crippen molar-refractivity contribution < 1.29 is 0 Å². The second-order valence-corrected chi connectivity index (χ2v) is 5.78. The number of anilines is 1. The summed E-state index contributed by atoms with van der Waals surface area (Å²) in [6.45, 7) is 4.53. The Morgan fingerprint density at radius 2 is 2.35 bits per heavy atom. The molecule has 1 unspecified atom stereocenters. The van der Waals surface area contributed by atoms with Crippen LogP contribution in [0.5, 0.6) is 0 Å². The number of likely N-dealkylation sites (N-methyl/N-ethyl adjacent to an activating group) is 1. The van der Waals surface area contributed by atoms with Gasteiger partial charge in [0.15, 0.2) is 0 Å². The molecule has 1 aromatic heterocycles. The van der Waals surface area contributed by atoms with Gasteiger partial charge in [0.2, 0.25) is 0 Å². The van der Waals surface area contributed by atoms with Crippen molar-refractivity contribution in [3.8, 4) is 0 Å². The first kappa shape index (κ1) is 15.3. The molecule has 0 radical (unpaired) electrons. The second-order valence-electron chi connectivity index (χ2n) is 5.40. The summed E-state index contributed by atoms with van der Waals surface area (Å²) >= 11 is 6.21. The molecule has 2 heterocycles. The molecule has 0 aromatic carbocycles. The van der Waals surface area contributed by atoms with E-state index in [-0.39, 0.29) is 10.6 Å². The van der Waals surface area contributed by atoms with E-state index in [1.54, 1.807) is 6.20 Å². The van der Waals surface area contributed by atoms with Gasteiger partial charge in [-0.25, -0.2) is 4.68 Å². The first-order chi connectivity index (χ1) is 9.63. The van der Waals surface area contributed by atoms with Gasteiger partial charge in [-0.05, 0) is 25.8 Å². The highest BCUT2D eigenvalue weighted by Crippen LogP contribution is 2.20. The van der Waals surface area contributed by atoms with Crippen LogP contribution in [0.25, 0.3) is 0 Å². The molecule has 0 amide bonds. The van der Waals surface area contributed by atoms with Crippen molar-refractivity contribution in [2.24, 2.45) is 0 Å². The van der Waals surface area contributed by atoms with Gasteiger partial charge in [0.1, 0.15) is 5.02 Å². The monoisotopic (exact) mass is 298 g/mol. The van der Waals surface area contributed by atoms with Gasteiger partial charge in [-0.1, -0.05) is 24.9 Å². The van der Waals surface area contributed by atoms with E-state index in [1.165, 1.54) is 23.9 Å². The van der Waals surface area contributed by atoms with E-state index in [2.05, 4.69) is 10.4 Å². The number of halogens is 1. The lowest BCUT2D eigenvalue weighted by Crippen LogP contribution is -2.43. The zero-order chi connectivity index (χ0) is 14.5. The number of nitrogens with zero attached hydrogens (tertiary/aromatic N) is 3. The maximum absolute atomic E-state index is 12.1. The Kier molecular flexibility index (Phi) is 5.43. The third-order valence-electron chi connectivity index (χ3n) is 3.72. The normalized spacial score (nSPS) is 19.1. The number of nitrogens with one attached hydrogen (secondary N) is 1. The minimum atomic E-state index is -0.200. The fourth-order valence-electron chi connectivity index (χ4n) is 2.60. The van der Waals surface area contributed by atoms with Crippen molar-refractivity contribution in [2.75, 3.05) is 25.0 Å². The fraction of sp³-hybridized carbons (Fsp3) is 0.714. The molecule has 0 saturated carbocycles. The Morgan fingerprint density at radius 3 is 3.00 bits per heavy atom. The highest BCUT2D eigenvalue weighted by Gasteiger charge is 2.18. The van der Waals surface area contributed by atoms with Gasteiger partial charge in [0.05, 0.1) is 11.9 Å². The fourth-order valence-corrected chi connectivity index (χ4v) is 2.89. The van der Waals surface area contributed by atoms with E-state index in [4.69, 9.17) is 11.6 Å². The maximum atomic E-state index is 12.1. The van der Waals surface area contributed by atoms with Crippen LogP contribution in [0.4, 0.5) is 5.69 Å². The van der Waals surface area contributed by atoms with E-state index in [9.17, 15) is 4.79 Å². The molecule has 0 bridgehead atoms. The molecule has 1 N–H and O–H groups in total. The lowest BCUT2D eigenvalue weighted by Gasteiger charge is -2.29. The van der Waals surface area contributed by atoms with Crippen LogP contribution in [0.1, 0.15) is 32.6 Å². The molecule has 2 rings (SSSR count). The molecule has 0 aliphatic carbocycles. The van der Waals surface area contributed by atoms with Crippen LogP contribution in [0.2, 0.25) is 5.02 Å². The molecule has 1 aromatic rings. The molecule has 112 valence electrons. The number of rotatable bonds is 5. The largest absolute Gasteiger partial charge is 0.370 e. The van der Waals surface area contributed by atoms with Crippen molar-refractivity contribution in [3.05, 3.63) is 21.6 Å². The third kappa shape index (κ3) is 3.52. The zero-order valence-corrected chi connectivity index (χ0v) is 13.0. The highest BCUT2D eigenvalue weighted by molar-refractivity contribution is 6.33. The van der Waals surface area contributed by atoms with Crippen molar-refractivity contribution in [1.82, 2.24) is 15.1 Å². The van der Waals surface area contributed by atoms with Gasteiger partial charge < -0.3 is 10.2 Å². The Hall–Kier alpha value is -1.07. The number of hydrogen-bond donors (Lipinski definition) is 1. The maximum Gasteiger partial charge on any atom is 0.287 e. The van der Waals surface area contributed by atoms with Crippen LogP contribution >= 0.6 is 11.6 Å². The quantitative estimate of drug-likeness (QED) is 0.902. The smallest absolute Gasteiger partial charge is 0.287 e. The van der Waals surface area contributed by atoms with Gasteiger partial charge in [-0.3, -0.25) is 4.79 Å². The topological polar surface area (TPSA) is 50.2 Å². The molecule has 20 heavy (non-hydrogen) atoms. The average molecular weight is 299 g/mol. The van der Waals surface area contributed by atoms with Gasteiger partial charge >= 0.3 is 0 Å². The predicted molar refractivity (Wildman–Crippen MR) is 82.7 cm³/mol. The van der Waals surface area contributed by atoms with Crippen molar-refractivity contribution in [1.29, 1.82) is 0 Å². The van der Waals surface area contributed by atoms with Gasteiger partial charge in [0.25, 0.3) is 5.56 Å². The van der Waals surface area contributed by atoms with E-state index in [0.717, 1.165) is 25.2 Å². The summed E-state index contributed by atoms with van der Waals surface area (Å²) in [5.74, 6) is 0. The van der Waals surface area contributed by atoms with Crippen LogP contribution in [0, 0.1) is 0 Å². The third-order valence-corrected chi connectivity index (χ3v) is 4.08. The SMILES string of the molecule is CCCn1ncc(N(C)CC2CCCCN2)c(Cl)c1=O. The summed E-state index contributed by atoms with van der Waals surface area (Å²) in [6, 6.07) is 0.461. The van der Waals surface area contributed by atoms with Gasteiger partial charge in [0, 0.05) is 26.2 Å². The van der Waals surface area contributed by atoms with E-state index in [0.29, 0.717) is 12.6 Å². The minimum Gasteiger partial charge on any atom is -0.370 e. The van der Waals surface area contributed by atoms with Crippen LogP contribution < -0.4 is 15.8 Å². The lowest BCUT2D eigenvalue weighted by atomic mass is 10.0. The Balaban J connectivity index is 2.11. The number of piperidine rings is 1. The van der Waals surface area contributed by atoms with E-state index < -0.39 is 0 Å². The molecule has 6 heteroatoms. The standard InChI is InChI=1S/C14H23ClN4O/c1-3-8-19-14(20)13(15)12(9-17-19)18(2)10-11-6-4-5-7-16-11/h9,11,16H,3-8,10H2,1-2H3. The average Bonchev–Trinajstić information content (AvgIpc) is 2.45. The van der Waals surface area contributed by atoms with Crippen LogP contribution in [-0.4, -0.2) is 36.0 Å². The number of hydrogen-bond acceptors (Lipinski definition) is 4. The lowest BCUT2D eigenvalue weighted by molar-refractivity contribution is 0.403. The first-order valence-corrected chi connectivity index (χ1v) is 7.71.